The number of nitrogens with zero attached hydrogens (tertiary/aromatic N) is 1. The van der Waals surface area contributed by atoms with Gasteiger partial charge in [0.25, 0.3) is 5.91 Å². The molecule has 1 unspecified atom stereocenters. The Balaban J connectivity index is 2.23. The van der Waals surface area contributed by atoms with Gasteiger partial charge in [0.2, 0.25) is 0 Å². The molecule has 0 spiro atoms. The number of piperidine rings is 1. The highest BCUT2D eigenvalue weighted by molar-refractivity contribution is 5.94. The van der Waals surface area contributed by atoms with Crippen molar-refractivity contribution in [3.05, 3.63) is 33.7 Å². The standard InChI is InChI=1S/C15H23N3O2/c1-3-7-18(12-5-4-6-16-9-12)15(20)13-10-17-11(2)8-14(13)19/h8,10,12,16H,3-7,9H2,1-2H3,(H,17,19). The molecule has 1 aliphatic rings. The van der Waals surface area contributed by atoms with Crippen LogP contribution in [0.4, 0.5) is 0 Å². The Kier molecular flexibility index (Phi) is 4.95. The second-order valence-corrected chi connectivity index (χ2v) is 5.39. The van der Waals surface area contributed by atoms with E-state index < -0.39 is 0 Å². The Morgan fingerprint density at radius 2 is 2.30 bits per heavy atom. The molecule has 1 aromatic rings. The fraction of sp³-hybridized carbons (Fsp3) is 0.600. The van der Waals surface area contributed by atoms with Crippen LogP contribution < -0.4 is 10.7 Å². The molecule has 1 saturated heterocycles. The molecule has 1 amide bonds. The van der Waals surface area contributed by atoms with Gasteiger partial charge in [0, 0.05) is 37.1 Å². The molecule has 0 aromatic carbocycles. The summed E-state index contributed by atoms with van der Waals surface area (Å²) in [4.78, 5) is 29.4. The molecule has 20 heavy (non-hydrogen) atoms. The number of hydrogen-bond acceptors (Lipinski definition) is 3. The van der Waals surface area contributed by atoms with Crippen LogP contribution in [0.5, 0.6) is 0 Å². The molecule has 0 radical (unpaired) electrons. The zero-order valence-corrected chi connectivity index (χ0v) is 12.2. The Morgan fingerprint density at radius 3 is 2.90 bits per heavy atom. The topological polar surface area (TPSA) is 65.2 Å². The number of aromatic nitrogens is 1. The molecule has 2 rings (SSSR count). The van der Waals surface area contributed by atoms with Crippen molar-refractivity contribution < 1.29 is 4.79 Å². The van der Waals surface area contributed by atoms with Crippen molar-refractivity contribution in [1.29, 1.82) is 0 Å². The van der Waals surface area contributed by atoms with Crippen LogP contribution in [0.3, 0.4) is 0 Å². The monoisotopic (exact) mass is 277 g/mol. The number of pyridine rings is 1. The first-order valence-electron chi connectivity index (χ1n) is 7.34. The summed E-state index contributed by atoms with van der Waals surface area (Å²) >= 11 is 0. The Bertz CT molecular complexity index is 518. The van der Waals surface area contributed by atoms with Crippen LogP contribution in [-0.4, -0.2) is 41.5 Å². The van der Waals surface area contributed by atoms with Crippen molar-refractivity contribution in [3.8, 4) is 0 Å². The lowest BCUT2D eigenvalue weighted by Crippen LogP contribution is -2.49. The quantitative estimate of drug-likeness (QED) is 0.871. The fourth-order valence-electron chi connectivity index (χ4n) is 2.69. The van der Waals surface area contributed by atoms with E-state index in [1.807, 2.05) is 11.8 Å². The van der Waals surface area contributed by atoms with Crippen molar-refractivity contribution in [2.75, 3.05) is 19.6 Å². The van der Waals surface area contributed by atoms with Gasteiger partial charge >= 0.3 is 0 Å². The van der Waals surface area contributed by atoms with E-state index in [1.165, 1.54) is 6.07 Å². The highest BCUT2D eigenvalue weighted by Gasteiger charge is 2.26. The highest BCUT2D eigenvalue weighted by Crippen LogP contribution is 2.13. The van der Waals surface area contributed by atoms with Gasteiger partial charge in [-0.25, -0.2) is 0 Å². The Labute approximate surface area is 119 Å². The van der Waals surface area contributed by atoms with Crippen molar-refractivity contribution in [1.82, 2.24) is 15.2 Å². The molecule has 0 saturated carbocycles. The van der Waals surface area contributed by atoms with Crippen LogP contribution in [0.15, 0.2) is 17.1 Å². The Hall–Kier alpha value is -1.62. The van der Waals surface area contributed by atoms with Gasteiger partial charge in [0.1, 0.15) is 5.56 Å². The zero-order chi connectivity index (χ0) is 14.5. The normalized spacial score (nSPS) is 18.8. The minimum absolute atomic E-state index is 0.151. The van der Waals surface area contributed by atoms with Gasteiger partial charge in [0.05, 0.1) is 0 Å². The van der Waals surface area contributed by atoms with Gasteiger partial charge < -0.3 is 15.2 Å². The molecule has 0 bridgehead atoms. The maximum Gasteiger partial charge on any atom is 0.259 e. The molecular formula is C15H23N3O2. The van der Waals surface area contributed by atoms with E-state index in [0.29, 0.717) is 6.54 Å². The molecular weight excluding hydrogens is 254 g/mol. The number of nitrogens with one attached hydrogen (secondary N) is 2. The smallest absolute Gasteiger partial charge is 0.259 e. The van der Waals surface area contributed by atoms with Crippen LogP contribution in [0, 0.1) is 6.92 Å². The lowest BCUT2D eigenvalue weighted by Gasteiger charge is -2.34. The third-order valence-corrected chi connectivity index (χ3v) is 3.72. The molecule has 2 N–H and O–H groups in total. The number of amides is 1. The lowest BCUT2D eigenvalue weighted by molar-refractivity contribution is 0.0647. The average Bonchev–Trinajstić information content (AvgIpc) is 2.45. The first kappa shape index (κ1) is 14.8. The molecule has 2 heterocycles. The number of aromatic amines is 1. The van der Waals surface area contributed by atoms with Gasteiger partial charge in [-0.15, -0.1) is 0 Å². The van der Waals surface area contributed by atoms with Crippen molar-refractivity contribution in [2.45, 2.75) is 39.2 Å². The van der Waals surface area contributed by atoms with E-state index in [0.717, 1.165) is 38.0 Å². The summed E-state index contributed by atoms with van der Waals surface area (Å²) in [7, 11) is 0. The van der Waals surface area contributed by atoms with Gasteiger partial charge in [-0.1, -0.05) is 6.92 Å². The third kappa shape index (κ3) is 3.28. The van der Waals surface area contributed by atoms with Crippen LogP contribution in [0.2, 0.25) is 0 Å². The SMILES string of the molecule is CCCN(C(=O)c1c[nH]c(C)cc1=O)C1CCCNC1. The predicted octanol–water partition coefficient (Wildman–Crippen LogP) is 1.29. The summed E-state index contributed by atoms with van der Waals surface area (Å²) in [5, 5.41) is 3.32. The number of H-pyrrole nitrogens is 1. The number of hydrogen-bond donors (Lipinski definition) is 2. The maximum atomic E-state index is 12.6. The maximum absolute atomic E-state index is 12.6. The van der Waals surface area contributed by atoms with Crippen molar-refractivity contribution in [3.63, 3.8) is 0 Å². The predicted molar refractivity (Wildman–Crippen MR) is 79.0 cm³/mol. The number of rotatable bonds is 4. The molecule has 0 aliphatic carbocycles. The molecule has 5 heteroatoms. The number of carbonyl (C=O) groups is 1. The molecule has 1 aliphatic heterocycles. The largest absolute Gasteiger partial charge is 0.364 e. The number of aryl methyl sites for hydroxylation is 1. The average molecular weight is 277 g/mol. The summed E-state index contributed by atoms with van der Waals surface area (Å²) in [6.45, 7) is 6.38. The molecule has 5 nitrogen and oxygen atoms in total. The van der Waals surface area contributed by atoms with Crippen LogP contribution in [0.1, 0.15) is 42.2 Å². The fourth-order valence-corrected chi connectivity index (χ4v) is 2.69. The second kappa shape index (κ2) is 6.70. The van der Waals surface area contributed by atoms with Crippen LogP contribution in [-0.2, 0) is 0 Å². The van der Waals surface area contributed by atoms with E-state index >= 15 is 0 Å². The van der Waals surface area contributed by atoms with E-state index in [2.05, 4.69) is 17.2 Å². The van der Waals surface area contributed by atoms with E-state index in [4.69, 9.17) is 0 Å². The minimum Gasteiger partial charge on any atom is -0.364 e. The highest BCUT2D eigenvalue weighted by atomic mass is 16.2. The van der Waals surface area contributed by atoms with Gasteiger partial charge in [-0.05, 0) is 32.7 Å². The lowest BCUT2D eigenvalue weighted by atomic mass is 10.0. The summed E-state index contributed by atoms with van der Waals surface area (Å²) in [5.74, 6) is -0.151. The molecule has 110 valence electrons. The first-order chi connectivity index (χ1) is 9.63. The molecule has 1 aromatic heterocycles. The van der Waals surface area contributed by atoms with Crippen LogP contribution in [0.25, 0.3) is 0 Å². The van der Waals surface area contributed by atoms with Gasteiger partial charge in [0.15, 0.2) is 5.43 Å². The second-order valence-electron chi connectivity index (χ2n) is 5.39. The first-order valence-corrected chi connectivity index (χ1v) is 7.34. The molecule has 1 atom stereocenters. The summed E-state index contributed by atoms with van der Waals surface area (Å²) in [6, 6.07) is 1.67. The van der Waals surface area contributed by atoms with Gasteiger partial charge in [-0.2, -0.15) is 0 Å². The van der Waals surface area contributed by atoms with E-state index in [-0.39, 0.29) is 22.9 Å². The third-order valence-electron chi connectivity index (χ3n) is 3.72. The van der Waals surface area contributed by atoms with Crippen LogP contribution >= 0.6 is 0 Å². The summed E-state index contributed by atoms with van der Waals surface area (Å²) < 4.78 is 0. The summed E-state index contributed by atoms with van der Waals surface area (Å²) in [5.41, 5.74) is 0.818. The summed E-state index contributed by atoms with van der Waals surface area (Å²) in [6.07, 6.45) is 4.51. The van der Waals surface area contributed by atoms with E-state index in [1.54, 1.807) is 6.20 Å². The molecule has 1 fully saturated rings. The van der Waals surface area contributed by atoms with Crippen molar-refractivity contribution in [2.24, 2.45) is 0 Å². The zero-order valence-electron chi connectivity index (χ0n) is 12.2. The van der Waals surface area contributed by atoms with E-state index in [9.17, 15) is 9.59 Å². The van der Waals surface area contributed by atoms with Crippen molar-refractivity contribution >= 4 is 5.91 Å². The Morgan fingerprint density at radius 1 is 1.50 bits per heavy atom. The minimum atomic E-state index is -0.198. The number of carbonyl (C=O) groups excluding carboxylic acids is 1. The van der Waals surface area contributed by atoms with Gasteiger partial charge in [-0.3, -0.25) is 9.59 Å².